The Kier molecular flexibility index (Phi) is 5.65. The summed E-state index contributed by atoms with van der Waals surface area (Å²) in [5.74, 6) is -0.0516. The van der Waals surface area contributed by atoms with Gasteiger partial charge in [-0.2, -0.15) is 0 Å². The van der Waals surface area contributed by atoms with E-state index in [4.69, 9.17) is 4.98 Å². The molecule has 2 fully saturated rings. The number of aryl methyl sites for hydroxylation is 1. The molecule has 0 saturated heterocycles. The van der Waals surface area contributed by atoms with E-state index in [1.807, 2.05) is 11.0 Å². The predicted octanol–water partition coefficient (Wildman–Crippen LogP) is 5.20. The first kappa shape index (κ1) is 20.4. The molecule has 0 spiro atoms. The monoisotopic (exact) mass is 435 g/mol. The first-order chi connectivity index (χ1) is 15.1. The number of amides is 2. The highest BCUT2D eigenvalue weighted by atomic mass is 32.1. The van der Waals surface area contributed by atoms with Crippen LogP contribution < -0.4 is 5.32 Å². The smallest absolute Gasteiger partial charge is 0.264 e. The summed E-state index contributed by atoms with van der Waals surface area (Å²) in [5, 5.41) is 5.23. The van der Waals surface area contributed by atoms with Crippen molar-refractivity contribution in [3.8, 4) is 0 Å². The molecule has 6 heteroatoms. The fourth-order valence-electron chi connectivity index (χ4n) is 5.06. The largest absolute Gasteiger partial charge is 0.352 e. The van der Waals surface area contributed by atoms with Crippen molar-refractivity contribution >= 4 is 44.3 Å². The zero-order valence-electron chi connectivity index (χ0n) is 18.0. The minimum Gasteiger partial charge on any atom is -0.352 e. The highest BCUT2D eigenvalue weighted by Crippen LogP contribution is 2.31. The molecule has 2 amide bonds. The second-order valence-corrected chi connectivity index (χ2v) is 10.1. The number of carbonyl (C=O) groups excluding carboxylic acids is 2. The minimum atomic E-state index is -0.0308. The van der Waals surface area contributed by atoms with Crippen molar-refractivity contribution < 1.29 is 9.59 Å². The van der Waals surface area contributed by atoms with Gasteiger partial charge in [-0.05, 0) is 56.4 Å². The number of fused-ring (bicyclic) bond motifs is 2. The number of aromatic nitrogens is 1. The van der Waals surface area contributed by atoms with E-state index >= 15 is 0 Å². The van der Waals surface area contributed by atoms with Crippen LogP contribution in [0.5, 0.6) is 0 Å². The minimum absolute atomic E-state index is 0.0207. The van der Waals surface area contributed by atoms with Crippen LogP contribution in [-0.4, -0.2) is 40.3 Å². The van der Waals surface area contributed by atoms with Gasteiger partial charge in [0.2, 0.25) is 5.91 Å². The molecule has 0 aliphatic heterocycles. The fourth-order valence-corrected chi connectivity index (χ4v) is 6.04. The molecule has 2 aliphatic carbocycles. The van der Waals surface area contributed by atoms with Crippen LogP contribution in [-0.2, 0) is 4.79 Å². The van der Waals surface area contributed by atoms with E-state index in [0.29, 0.717) is 4.88 Å². The molecule has 2 aromatic heterocycles. The Labute approximate surface area is 186 Å². The van der Waals surface area contributed by atoms with Crippen LogP contribution >= 0.6 is 11.3 Å². The molecule has 2 saturated carbocycles. The van der Waals surface area contributed by atoms with Crippen molar-refractivity contribution in [2.75, 3.05) is 6.54 Å². The van der Waals surface area contributed by atoms with E-state index < -0.39 is 0 Å². The molecular formula is C25H29N3O2S. The lowest BCUT2D eigenvalue weighted by Gasteiger charge is -2.28. The third kappa shape index (κ3) is 4.31. The van der Waals surface area contributed by atoms with Gasteiger partial charge in [0.15, 0.2) is 0 Å². The van der Waals surface area contributed by atoms with Gasteiger partial charge in [-0.25, -0.2) is 4.98 Å². The Morgan fingerprint density at radius 3 is 2.55 bits per heavy atom. The molecule has 2 heterocycles. The number of benzene rings is 1. The molecule has 162 valence electrons. The molecule has 1 N–H and O–H groups in total. The molecule has 0 atom stereocenters. The van der Waals surface area contributed by atoms with Gasteiger partial charge in [0.05, 0.1) is 10.4 Å². The normalized spacial score (nSPS) is 17.6. The van der Waals surface area contributed by atoms with Gasteiger partial charge in [-0.1, -0.05) is 37.8 Å². The maximum atomic E-state index is 13.6. The fraction of sp³-hybridized carbons (Fsp3) is 0.480. The zero-order chi connectivity index (χ0) is 21.4. The van der Waals surface area contributed by atoms with Gasteiger partial charge >= 0.3 is 0 Å². The van der Waals surface area contributed by atoms with E-state index in [1.165, 1.54) is 29.7 Å². The summed E-state index contributed by atoms with van der Waals surface area (Å²) in [7, 11) is 0. The van der Waals surface area contributed by atoms with Gasteiger partial charge in [0.1, 0.15) is 11.4 Å². The number of hydrogen-bond acceptors (Lipinski definition) is 4. The van der Waals surface area contributed by atoms with Crippen molar-refractivity contribution in [2.24, 2.45) is 0 Å². The predicted molar refractivity (Wildman–Crippen MR) is 126 cm³/mol. The molecule has 1 aromatic carbocycles. The summed E-state index contributed by atoms with van der Waals surface area (Å²) in [6.45, 7) is 2.22. The van der Waals surface area contributed by atoms with Gasteiger partial charge in [-0.3, -0.25) is 9.59 Å². The second-order valence-electron chi connectivity index (χ2n) is 9.11. The van der Waals surface area contributed by atoms with Crippen LogP contribution in [0.25, 0.3) is 21.1 Å². The van der Waals surface area contributed by atoms with Crippen LogP contribution in [0.3, 0.4) is 0 Å². The van der Waals surface area contributed by atoms with Crippen molar-refractivity contribution in [2.45, 2.75) is 70.4 Å². The zero-order valence-corrected chi connectivity index (χ0v) is 18.8. The molecule has 5 nitrogen and oxygen atoms in total. The van der Waals surface area contributed by atoms with Crippen molar-refractivity contribution in [1.29, 1.82) is 0 Å². The highest BCUT2D eigenvalue weighted by molar-refractivity contribution is 7.20. The molecule has 31 heavy (non-hydrogen) atoms. The Morgan fingerprint density at radius 2 is 1.77 bits per heavy atom. The van der Waals surface area contributed by atoms with Crippen molar-refractivity contribution in [1.82, 2.24) is 15.2 Å². The average Bonchev–Trinajstić information content (AvgIpc) is 3.51. The summed E-state index contributed by atoms with van der Waals surface area (Å²) in [5.41, 5.74) is 2.13. The summed E-state index contributed by atoms with van der Waals surface area (Å²) in [6, 6.07) is 10.7. The van der Waals surface area contributed by atoms with Crippen LogP contribution in [0.2, 0.25) is 0 Å². The maximum absolute atomic E-state index is 13.6. The molecule has 0 bridgehead atoms. The van der Waals surface area contributed by atoms with Crippen molar-refractivity contribution in [3.63, 3.8) is 0 Å². The van der Waals surface area contributed by atoms with Gasteiger partial charge in [0, 0.05) is 22.9 Å². The summed E-state index contributed by atoms with van der Waals surface area (Å²) in [4.78, 5) is 34.5. The molecular weight excluding hydrogens is 406 g/mol. The molecule has 0 unspecified atom stereocenters. The Morgan fingerprint density at radius 1 is 1.03 bits per heavy atom. The third-order valence-electron chi connectivity index (χ3n) is 6.73. The lowest BCUT2D eigenvalue weighted by molar-refractivity contribution is -0.122. The van der Waals surface area contributed by atoms with Gasteiger partial charge in [0.25, 0.3) is 5.91 Å². The number of nitrogens with zero attached hydrogens (tertiary/aromatic N) is 2. The van der Waals surface area contributed by atoms with Crippen molar-refractivity contribution in [3.05, 3.63) is 40.8 Å². The van der Waals surface area contributed by atoms with E-state index in [0.717, 1.165) is 59.6 Å². The van der Waals surface area contributed by atoms with E-state index in [-0.39, 0.29) is 30.4 Å². The van der Waals surface area contributed by atoms with Crippen LogP contribution in [0.4, 0.5) is 0 Å². The van der Waals surface area contributed by atoms with Crippen LogP contribution in [0.1, 0.15) is 66.6 Å². The van der Waals surface area contributed by atoms with Gasteiger partial charge in [-0.15, -0.1) is 11.3 Å². The first-order valence-corrected chi connectivity index (χ1v) is 12.3. The topological polar surface area (TPSA) is 62.3 Å². The number of carbonyl (C=O) groups is 2. The van der Waals surface area contributed by atoms with E-state index in [1.54, 1.807) is 0 Å². The highest BCUT2D eigenvalue weighted by Gasteiger charge is 2.31. The van der Waals surface area contributed by atoms with E-state index in [2.05, 4.69) is 36.5 Å². The first-order valence-electron chi connectivity index (χ1n) is 11.5. The van der Waals surface area contributed by atoms with Gasteiger partial charge < -0.3 is 10.2 Å². The number of rotatable bonds is 5. The second kappa shape index (κ2) is 8.58. The third-order valence-corrected chi connectivity index (χ3v) is 7.76. The summed E-state index contributed by atoms with van der Waals surface area (Å²) >= 11 is 1.44. The number of thiophene rings is 1. The number of pyridine rings is 1. The Bertz CT molecular complexity index is 1130. The van der Waals surface area contributed by atoms with Crippen LogP contribution in [0, 0.1) is 6.92 Å². The van der Waals surface area contributed by atoms with E-state index in [9.17, 15) is 9.59 Å². The molecule has 5 rings (SSSR count). The van der Waals surface area contributed by atoms with Crippen LogP contribution in [0.15, 0.2) is 30.3 Å². The Balaban J connectivity index is 1.41. The SMILES string of the molecule is Cc1ccc2cc3cc(C(=O)N(CC(=O)NC4CCCC4)C4CCCC4)sc3nc2c1. The maximum Gasteiger partial charge on any atom is 0.264 e. The molecule has 2 aliphatic rings. The lowest BCUT2D eigenvalue weighted by Crippen LogP contribution is -2.47. The lowest BCUT2D eigenvalue weighted by atomic mass is 10.1. The number of hydrogen-bond donors (Lipinski definition) is 1. The molecule has 3 aromatic rings. The summed E-state index contributed by atoms with van der Waals surface area (Å²) in [6.07, 6.45) is 8.67. The Hall–Kier alpha value is -2.47. The average molecular weight is 436 g/mol. The number of nitrogens with one attached hydrogen (secondary N) is 1. The standard InChI is InChI=1S/C25H29N3O2S/c1-16-10-11-17-13-18-14-22(31-24(18)27-21(17)12-16)25(30)28(20-8-4-5-9-20)15-23(29)26-19-6-2-3-7-19/h10-14,19-20H,2-9,15H2,1H3,(H,26,29). The molecule has 0 radical (unpaired) electrons. The quantitative estimate of drug-likeness (QED) is 0.599. The summed E-state index contributed by atoms with van der Waals surface area (Å²) < 4.78 is 0.